The minimum absolute atomic E-state index is 0.753. The van der Waals surface area contributed by atoms with Crippen molar-refractivity contribution >= 4 is 32.9 Å². The summed E-state index contributed by atoms with van der Waals surface area (Å²) >= 11 is 1.57. The van der Waals surface area contributed by atoms with Crippen LogP contribution in [-0.4, -0.2) is 26.0 Å². The van der Waals surface area contributed by atoms with Gasteiger partial charge in [0.15, 0.2) is 0 Å². The molecule has 0 amide bonds. The van der Waals surface area contributed by atoms with Crippen molar-refractivity contribution in [3.05, 3.63) is 90.9 Å². The molecular weight excluding hydrogens is 380 g/mol. The standard InChI is InChI=1S/C22H16N6S/c1-2-6-18(7-3-1)28-15-17(21(27-28)16-10-12-23-13-11-16)14-24-26-22-25-19-8-4-5-9-20(19)29-22/h1-15H,(H,25,26)/b24-14-. The molecule has 0 spiro atoms. The largest absolute Gasteiger partial charge is 0.265 e. The summed E-state index contributed by atoms with van der Waals surface area (Å²) in [4.78, 5) is 8.64. The van der Waals surface area contributed by atoms with E-state index in [0.29, 0.717) is 0 Å². The summed E-state index contributed by atoms with van der Waals surface area (Å²) in [5, 5.41) is 9.93. The van der Waals surface area contributed by atoms with E-state index in [1.807, 2.05) is 77.6 Å². The van der Waals surface area contributed by atoms with Crippen LogP contribution in [0, 0.1) is 0 Å². The molecule has 0 fully saturated rings. The molecule has 0 aliphatic rings. The molecule has 0 aliphatic carbocycles. The SMILES string of the molecule is C(=N/Nc1nc2ccccc2s1)/c1cn(-c2ccccc2)nc1-c1ccncc1. The van der Waals surface area contributed by atoms with Crippen LogP contribution in [0.15, 0.2) is 90.4 Å². The van der Waals surface area contributed by atoms with Gasteiger partial charge in [0, 0.05) is 29.7 Å². The van der Waals surface area contributed by atoms with E-state index in [1.54, 1.807) is 29.9 Å². The van der Waals surface area contributed by atoms with Gasteiger partial charge >= 0.3 is 0 Å². The molecule has 0 saturated carbocycles. The van der Waals surface area contributed by atoms with Crippen LogP contribution in [0.1, 0.15) is 5.56 Å². The van der Waals surface area contributed by atoms with Crippen molar-refractivity contribution in [3.63, 3.8) is 0 Å². The normalized spacial score (nSPS) is 11.3. The summed E-state index contributed by atoms with van der Waals surface area (Å²) < 4.78 is 2.98. The van der Waals surface area contributed by atoms with Crippen molar-refractivity contribution in [2.45, 2.75) is 0 Å². The Balaban J connectivity index is 1.47. The molecule has 0 atom stereocenters. The highest BCUT2D eigenvalue weighted by Gasteiger charge is 2.11. The molecule has 0 saturated heterocycles. The monoisotopic (exact) mass is 396 g/mol. The van der Waals surface area contributed by atoms with Gasteiger partial charge in [0.2, 0.25) is 5.13 Å². The molecule has 140 valence electrons. The van der Waals surface area contributed by atoms with Gasteiger partial charge in [-0.05, 0) is 36.4 Å². The predicted molar refractivity (Wildman–Crippen MR) is 118 cm³/mol. The highest BCUT2D eigenvalue weighted by molar-refractivity contribution is 7.22. The lowest BCUT2D eigenvalue weighted by molar-refractivity contribution is 0.884. The average molecular weight is 396 g/mol. The van der Waals surface area contributed by atoms with Gasteiger partial charge in [0.05, 0.1) is 22.1 Å². The smallest absolute Gasteiger partial charge is 0.204 e. The Morgan fingerprint density at radius 2 is 1.72 bits per heavy atom. The molecule has 3 heterocycles. The molecule has 3 aromatic heterocycles. The van der Waals surface area contributed by atoms with E-state index in [4.69, 9.17) is 5.10 Å². The quantitative estimate of drug-likeness (QED) is 0.336. The summed E-state index contributed by atoms with van der Waals surface area (Å²) in [5.41, 5.74) is 7.71. The highest BCUT2D eigenvalue weighted by Crippen LogP contribution is 2.26. The van der Waals surface area contributed by atoms with Gasteiger partial charge < -0.3 is 0 Å². The zero-order chi connectivity index (χ0) is 19.5. The number of nitrogens with zero attached hydrogens (tertiary/aromatic N) is 5. The summed E-state index contributed by atoms with van der Waals surface area (Å²) in [5.74, 6) is 0. The summed E-state index contributed by atoms with van der Waals surface area (Å²) in [6.07, 6.45) is 7.26. The lowest BCUT2D eigenvalue weighted by Crippen LogP contribution is -1.93. The molecule has 5 aromatic rings. The number of aromatic nitrogens is 4. The number of fused-ring (bicyclic) bond motifs is 1. The van der Waals surface area contributed by atoms with Crippen molar-refractivity contribution < 1.29 is 0 Å². The molecule has 2 aromatic carbocycles. The fourth-order valence-electron chi connectivity index (χ4n) is 3.01. The Bertz CT molecular complexity index is 1240. The van der Waals surface area contributed by atoms with Gasteiger partial charge in [0.25, 0.3) is 0 Å². The van der Waals surface area contributed by atoms with E-state index in [0.717, 1.165) is 37.9 Å². The van der Waals surface area contributed by atoms with E-state index in [1.165, 1.54) is 0 Å². The Hall–Kier alpha value is -3.84. The molecule has 0 bridgehead atoms. The third-order valence-electron chi connectivity index (χ3n) is 4.37. The Morgan fingerprint density at radius 3 is 2.55 bits per heavy atom. The maximum Gasteiger partial charge on any atom is 0.204 e. The third kappa shape index (κ3) is 3.63. The maximum atomic E-state index is 4.77. The molecule has 0 unspecified atom stereocenters. The van der Waals surface area contributed by atoms with Gasteiger partial charge in [-0.1, -0.05) is 41.7 Å². The second kappa shape index (κ2) is 7.65. The van der Waals surface area contributed by atoms with E-state index >= 15 is 0 Å². The van der Waals surface area contributed by atoms with Gasteiger partial charge in [-0.2, -0.15) is 10.2 Å². The van der Waals surface area contributed by atoms with Crippen LogP contribution in [-0.2, 0) is 0 Å². The van der Waals surface area contributed by atoms with Crippen LogP contribution >= 0.6 is 11.3 Å². The third-order valence-corrected chi connectivity index (χ3v) is 5.32. The molecular formula is C22H16N6S. The maximum absolute atomic E-state index is 4.77. The molecule has 1 N–H and O–H groups in total. The van der Waals surface area contributed by atoms with E-state index in [-0.39, 0.29) is 0 Å². The number of pyridine rings is 1. The number of hydrogen-bond acceptors (Lipinski definition) is 6. The van der Waals surface area contributed by atoms with Crippen molar-refractivity contribution in [3.8, 4) is 16.9 Å². The van der Waals surface area contributed by atoms with Crippen molar-refractivity contribution in [2.24, 2.45) is 5.10 Å². The Labute approximate surface area is 171 Å². The lowest BCUT2D eigenvalue weighted by Gasteiger charge is -2.00. The first kappa shape index (κ1) is 17.3. The van der Waals surface area contributed by atoms with Crippen LogP contribution in [0.3, 0.4) is 0 Å². The topological polar surface area (TPSA) is 68.0 Å². The van der Waals surface area contributed by atoms with Gasteiger partial charge in [-0.15, -0.1) is 0 Å². The zero-order valence-electron chi connectivity index (χ0n) is 15.3. The van der Waals surface area contributed by atoms with E-state index in [2.05, 4.69) is 20.5 Å². The Kier molecular flexibility index (Phi) is 4.56. The number of hydrazone groups is 1. The van der Waals surface area contributed by atoms with Crippen LogP contribution in [0.2, 0.25) is 0 Å². The minimum Gasteiger partial charge on any atom is -0.265 e. The van der Waals surface area contributed by atoms with Gasteiger partial charge in [-0.25, -0.2) is 9.67 Å². The number of benzene rings is 2. The first-order valence-corrected chi connectivity index (χ1v) is 9.88. The van der Waals surface area contributed by atoms with E-state index in [9.17, 15) is 0 Å². The zero-order valence-corrected chi connectivity index (χ0v) is 16.1. The number of rotatable bonds is 5. The van der Waals surface area contributed by atoms with Crippen molar-refractivity contribution in [1.82, 2.24) is 19.7 Å². The summed E-state index contributed by atoms with van der Waals surface area (Å²) in [7, 11) is 0. The minimum atomic E-state index is 0.753. The van der Waals surface area contributed by atoms with E-state index < -0.39 is 0 Å². The van der Waals surface area contributed by atoms with Crippen molar-refractivity contribution in [2.75, 3.05) is 5.43 Å². The second-order valence-corrected chi connectivity index (χ2v) is 7.34. The summed E-state index contributed by atoms with van der Waals surface area (Å²) in [6.45, 7) is 0. The molecule has 5 rings (SSSR count). The van der Waals surface area contributed by atoms with Crippen LogP contribution in [0.4, 0.5) is 5.13 Å². The second-order valence-electron chi connectivity index (χ2n) is 6.31. The first-order valence-electron chi connectivity index (χ1n) is 9.07. The summed E-state index contributed by atoms with van der Waals surface area (Å²) in [6, 6.07) is 21.9. The molecule has 0 aliphatic heterocycles. The van der Waals surface area contributed by atoms with Gasteiger partial charge in [0.1, 0.15) is 5.69 Å². The average Bonchev–Trinajstić information content (AvgIpc) is 3.39. The lowest BCUT2D eigenvalue weighted by atomic mass is 10.1. The molecule has 6 nitrogen and oxygen atoms in total. The number of hydrogen-bond donors (Lipinski definition) is 1. The predicted octanol–water partition coefficient (Wildman–Crippen LogP) is 4.99. The van der Waals surface area contributed by atoms with Crippen LogP contribution in [0.5, 0.6) is 0 Å². The molecule has 29 heavy (non-hydrogen) atoms. The van der Waals surface area contributed by atoms with Gasteiger partial charge in [-0.3, -0.25) is 10.4 Å². The fraction of sp³-hybridized carbons (Fsp3) is 0. The number of para-hydroxylation sites is 2. The van der Waals surface area contributed by atoms with Crippen molar-refractivity contribution in [1.29, 1.82) is 0 Å². The number of anilines is 1. The van der Waals surface area contributed by atoms with Crippen LogP contribution < -0.4 is 5.43 Å². The number of thiazole rings is 1. The number of nitrogens with one attached hydrogen (secondary N) is 1. The molecule has 7 heteroatoms. The first-order chi connectivity index (χ1) is 14.4. The van der Waals surface area contributed by atoms with Crippen LogP contribution in [0.25, 0.3) is 27.2 Å². The highest BCUT2D eigenvalue weighted by atomic mass is 32.1. The fourth-order valence-corrected chi connectivity index (χ4v) is 3.82. The molecule has 0 radical (unpaired) electrons. The Morgan fingerprint density at radius 1 is 0.931 bits per heavy atom.